The van der Waals surface area contributed by atoms with Gasteiger partial charge in [-0.15, -0.1) is 11.3 Å². The summed E-state index contributed by atoms with van der Waals surface area (Å²) in [5, 5.41) is -1.69. The van der Waals surface area contributed by atoms with Crippen LogP contribution in [0.3, 0.4) is 0 Å². The van der Waals surface area contributed by atoms with Gasteiger partial charge in [0.1, 0.15) is 20.7 Å². The van der Waals surface area contributed by atoms with Crippen molar-refractivity contribution in [1.29, 1.82) is 0 Å². The Bertz CT molecular complexity index is 599. The van der Waals surface area contributed by atoms with E-state index < -0.39 is 17.2 Å². The van der Waals surface area contributed by atoms with E-state index in [0.29, 0.717) is 5.56 Å². The van der Waals surface area contributed by atoms with E-state index in [0.717, 1.165) is 23.6 Å². The number of nitrogens with zero attached hydrogens (tertiary/aromatic N) is 2. The van der Waals surface area contributed by atoms with Crippen LogP contribution in [-0.2, 0) is 0 Å². The molecule has 0 radical (unpaired) electrons. The first-order chi connectivity index (χ1) is 8.79. The van der Waals surface area contributed by atoms with Crippen molar-refractivity contribution in [3.63, 3.8) is 0 Å². The number of hydrogen-bond donors (Lipinski definition) is 1. The van der Waals surface area contributed by atoms with Gasteiger partial charge in [-0.1, -0.05) is 0 Å². The van der Waals surface area contributed by atoms with Gasteiger partial charge in [-0.25, -0.2) is 9.37 Å². The van der Waals surface area contributed by atoms with E-state index in [9.17, 15) is 17.6 Å². The number of thiol groups is 1. The molecule has 2 aromatic heterocycles. The topological polar surface area (TPSA) is 25.8 Å². The molecule has 102 valence electrons. The van der Waals surface area contributed by atoms with Gasteiger partial charge in [-0.3, -0.25) is 4.98 Å². The number of aromatic nitrogens is 2. The van der Waals surface area contributed by atoms with Gasteiger partial charge in [0.25, 0.3) is 0 Å². The molecule has 19 heavy (non-hydrogen) atoms. The largest absolute Gasteiger partial charge is 0.405 e. The van der Waals surface area contributed by atoms with Crippen LogP contribution in [0.1, 0.15) is 10.1 Å². The second-order valence-electron chi connectivity index (χ2n) is 3.51. The first-order valence-electron chi connectivity index (χ1n) is 4.81. The number of alkyl halides is 3. The molecule has 0 fully saturated rings. The molecule has 0 spiro atoms. The molecule has 9 heteroatoms. The van der Waals surface area contributed by atoms with Crippen molar-refractivity contribution >= 4 is 39.9 Å². The Morgan fingerprint density at radius 3 is 2.58 bits per heavy atom. The predicted octanol–water partition coefficient (Wildman–Crippen LogP) is 4.64. The van der Waals surface area contributed by atoms with Crippen LogP contribution in [0.5, 0.6) is 0 Å². The van der Waals surface area contributed by atoms with Crippen LogP contribution in [0, 0.1) is 5.82 Å². The highest BCUT2D eigenvalue weighted by atomic mass is 79.9. The van der Waals surface area contributed by atoms with Crippen molar-refractivity contribution in [2.45, 2.75) is 11.4 Å². The van der Waals surface area contributed by atoms with Crippen LogP contribution in [-0.4, -0.2) is 16.1 Å². The predicted molar refractivity (Wildman–Crippen MR) is 70.8 cm³/mol. The van der Waals surface area contributed by atoms with Gasteiger partial charge >= 0.3 is 6.18 Å². The summed E-state index contributed by atoms with van der Waals surface area (Å²) in [6, 6.07) is 1.16. The molecule has 0 saturated heterocycles. The molecule has 0 N–H and O–H groups in total. The molecule has 0 aliphatic heterocycles. The zero-order valence-electron chi connectivity index (χ0n) is 8.95. The third-order valence-corrected chi connectivity index (χ3v) is 4.88. The van der Waals surface area contributed by atoms with Gasteiger partial charge in [-0.05, 0) is 22.0 Å². The molecule has 0 saturated carbocycles. The van der Waals surface area contributed by atoms with E-state index >= 15 is 0 Å². The third kappa shape index (κ3) is 3.26. The van der Waals surface area contributed by atoms with Gasteiger partial charge < -0.3 is 0 Å². The number of thiazole rings is 1. The number of halogens is 5. The van der Waals surface area contributed by atoms with E-state index in [4.69, 9.17) is 0 Å². The smallest absolute Gasteiger partial charge is 0.261 e. The Labute approximate surface area is 123 Å². The summed E-state index contributed by atoms with van der Waals surface area (Å²) in [6.45, 7) is 0. The summed E-state index contributed by atoms with van der Waals surface area (Å²) in [5.74, 6) is -0.580. The van der Waals surface area contributed by atoms with Gasteiger partial charge in [0.2, 0.25) is 0 Å². The Balaban J connectivity index is 2.42. The molecule has 0 aliphatic rings. The van der Waals surface area contributed by atoms with Crippen LogP contribution >= 0.6 is 39.9 Å². The Morgan fingerprint density at radius 2 is 2.00 bits per heavy atom. The quantitative estimate of drug-likeness (QED) is 0.613. The molecular weight excluding hydrogens is 368 g/mol. The molecule has 2 nitrogen and oxygen atoms in total. The molecular formula is C10H5BrF4N2S2. The zero-order valence-corrected chi connectivity index (χ0v) is 12.2. The molecule has 2 aromatic rings. The maximum Gasteiger partial charge on any atom is 0.405 e. The third-order valence-electron chi connectivity index (χ3n) is 2.12. The van der Waals surface area contributed by atoms with Crippen molar-refractivity contribution in [2.75, 3.05) is 0 Å². The lowest BCUT2D eigenvalue weighted by Gasteiger charge is -2.12. The van der Waals surface area contributed by atoms with Crippen LogP contribution in [0.4, 0.5) is 17.6 Å². The molecule has 0 aliphatic carbocycles. The second-order valence-corrected chi connectivity index (χ2v) is 5.81. The van der Waals surface area contributed by atoms with Gasteiger partial charge in [0, 0.05) is 11.8 Å². The average molecular weight is 373 g/mol. The number of pyridine rings is 1. The van der Waals surface area contributed by atoms with Crippen LogP contribution in [0.2, 0.25) is 0 Å². The molecule has 0 amide bonds. The van der Waals surface area contributed by atoms with Crippen LogP contribution < -0.4 is 0 Å². The number of rotatable bonds is 2. The average Bonchev–Trinajstić information content (AvgIpc) is 2.69. The number of hydrogen-bond acceptors (Lipinski definition) is 4. The van der Waals surface area contributed by atoms with Crippen molar-refractivity contribution in [1.82, 2.24) is 9.97 Å². The summed E-state index contributed by atoms with van der Waals surface area (Å²) in [4.78, 5) is 7.49. The summed E-state index contributed by atoms with van der Waals surface area (Å²) in [5.41, 5.74) is 0.319. The Morgan fingerprint density at radius 1 is 1.32 bits per heavy atom. The summed E-state index contributed by atoms with van der Waals surface area (Å²) >= 11 is 7.30. The maximum atomic E-state index is 13.0. The highest BCUT2D eigenvalue weighted by molar-refractivity contribution is 9.10. The van der Waals surface area contributed by atoms with E-state index in [-0.39, 0.29) is 14.5 Å². The maximum absolute atomic E-state index is 13.0. The Kier molecular flexibility index (Phi) is 4.17. The zero-order chi connectivity index (χ0) is 14.2. The standard InChI is InChI=1S/C10H5BrF4N2S2/c11-8-6(7(18)10(13,14)15)19-9(17-8)4-1-5(12)3-16-2-4/h1-3,7,18H. The van der Waals surface area contributed by atoms with E-state index in [1.165, 1.54) is 6.20 Å². The SMILES string of the molecule is Fc1cncc(-c2nc(Br)c(C(S)C(F)(F)F)s2)c1. The fraction of sp³-hybridized carbons (Fsp3) is 0.200. The van der Waals surface area contributed by atoms with Gasteiger partial charge in [0.15, 0.2) is 0 Å². The second kappa shape index (κ2) is 5.37. The van der Waals surface area contributed by atoms with E-state index in [2.05, 4.69) is 38.5 Å². The first kappa shape index (κ1) is 14.7. The normalized spacial score (nSPS) is 13.6. The van der Waals surface area contributed by atoms with Crippen LogP contribution in [0.25, 0.3) is 10.6 Å². The highest BCUT2D eigenvalue weighted by Crippen LogP contribution is 2.45. The summed E-state index contributed by atoms with van der Waals surface area (Å²) < 4.78 is 50.9. The minimum atomic E-state index is -4.48. The van der Waals surface area contributed by atoms with Crippen LogP contribution in [0.15, 0.2) is 23.1 Å². The monoisotopic (exact) mass is 372 g/mol. The van der Waals surface area contributed by atoms with Crippen molar-refractivity contribution < 1.29 is 17.6 Å². The van der Waals surface area contributed by atoms with Gasteiger partial charge in [-0.2, -0.15) is 25.8 Å². The fourth-order valence-corrected chi connectivity index (χ4v) is 3.46. The van der Waals surface area contributed by atoms with Crippen molar-refractivity contribution in [3.05, 3.63) is 33.8 Å². The lowest BCUT2D eigenvalue weighted by atomic mass is 10.3. The molecule has 0 aromatic carbocycles. The summed E-state index contributed by atoms with van der Waals surface area (Å²) in [7, 11) is 0. The van der Waals surface area contributed by atoms with Crippen molar-refractivity contribution in [3.8, 4) is 10.6 Å². The molecule has 2 heterocycles. The summed E-state index contributed by atoms with van der Waals surface area (Å²) in [6.07, 6.45) is -2.14. The molecule has 0 bridgehead atoms. The molecule has 1 atom stereocenters. The highest BCUT2D eigenvalue weighted by Gasteiger charge is 2.40. The molecule has 1 unspecified atom stereocenters. The fourth-order valence-electron chi connectivity index (χ4n) is 1.28. The van der Waals surface area contributed by atoms with E-state index in [1.807, 2.05) is 0 Å². The first-order valence-corrected chi connectivity index (χ1v) is 6.93. The minimum Gasteiger partial charge on any atom is -0.261 e. The minimum absolute atomic E-state index is 0.0501. The van der Waals surface area contributed by atoms with Gasteiger partial charge in [0.05, 0.1) is 11.1 Å². The lowest BCUT2D eigenvalue weighted by Crippen LogP contribution is -2.14. The van der Waals surface area contributed by atoms with E-state index in [1.54, 1.807) is 0 Å². The lowest BCUT2D eigenvalue weighted by molar-refractivity contribution is -0.128. The Hall–Kier alpha value is -0.670. The molecule has 2 rings (SSSR count). The van der Waals surface area contributed by atoms with Crippen molar-refractivity contribution in [2.24, 2.45) is 0 Å².